The van der Waals surface area contributed by atoms with E-state index in [2.05, 4.69) is 0 Å². The molecular weight excluding hydrogens is 627 g/mol. The average Bonchev–Trinajstić information content (AvgIpc) is 3.44. The molecule has 0 bridgehead atoms. The summed E-state index contributed by atoms with van der Waals surface area (Å²) in [6.45, 7) is 1.34. The van der Waals surface area contributed by atoms with Gasteiger partial charge in [-0.1, -0.05) is 36.4 Å². The highest BCUT2D eigenvalue weighted by molar-refractivity contribution is 7.89. The van der Waals surface area contributed by atoms with Crippen LogP contribution in [0.2, 0.25) is 0 Å². The fraction of sp³-hybridized carbons (Fsp3) is 0.324. The van der Waals surface area contributed by atoms with Crippen LogP contribution in [-0.2, 0) is 41.2 Å². The third-order valence-corrected chi connectivity index (χ3v) is 10.7. The maximum Gasteiger partial charge on any atom is 0.296 e. The van der Waals surface area contributed by atoms with Gasteiger partial charge in [0.1, 0.15) is 11.6 Å². The minimum absolute atomic E-state index is 0.0177. The summed E-state index contributed by atoms with van der Waals surface area (Å²) in [4.78, 5) is 47.0. The van der Waals surface area contributed by atoms with Crippen molar-refractivity contribution in [2.24, 2.45) is 0 Å². The monoisotopic (exact) mass is 662 g/mol. The molecule has 13 heteroatoms. The molecule has 0 saturated carbocycles. The van der Waals surface area contributed by atoms with Gasteiger partial charge in [-0.05, 0) is 63.5 Å². The first kappa shape index (κ1) is 32.5. The summed E-state index contributed by atoms with van der Waals surface area (Å²) < 4.78 is 47.9. The van der Waals surface area contributed by atoms with E-state index in [1.807, 2.05) is 19.0 Å². The van der Waals surface area contributed by atoms with Crippen molar-refractivity contribution >= 4 is 39.1 Å². The van der Waals surface area contributed by atoms with Crippen LogP contribution in [0, 0.1) is 5.82 Å². The van der Waals surface area contributed by atoms with Crippen molar-refractivity contribution in [2.75, 3.05) is 58.4 Å². The Morgan fingerprint density at radius 1 is 0.957 bits per heavy atom. The van der Waals surface area contributed by atoms with Crippen molar-refractivity contribution in [1.29, 1.82) is 0 Å². The standard InChI is InChI=1S/C34H35FN4O7S/c1-36(2)16-7-17-39-32(42)31(41)29(30(40)23-12-14-25(15-13-23)47(44,45)37-18-20-46-21-19-37)34(39)26-9-4-6-11-28(26)38(33(34)43)22-24-8-3-5-10-27(24)35/h3-6,8-15,40H,7,16-22H2,1-2H3/t34-/m1/s1. The molecule has 3 aromatic rings. The zero-order valence-electron chi connectivity index (χ0n) is 26.1. The summed E-state index contributed by atoms with van der Waals surface area (Å²) >= 11 is 0. The Labute approximate surface area is 272 Å². The van der Waals surface area contributed by atoms with Crippen LogP contribution in [0.1, 0.15) is 23.1 Å². The third-order valence-electron chi connectivity index (χ3n) is 8.82. The molecule has 3 heterocycles. The molecule has 0 unspecified atom stereocenters. The van der Waals surface area contributed by atoms with E-state index in [4.69, 9.17) is 4.74 Å². The fourth-order valence-electron chi connectivity index (χ4n) is 6.53. The topological polar surface area (TPSA) is 128 Å². The smallest absolute Gasteiger partial charge is 0.296 e. The Hall–Kier alpha value is -4.43. The lowest BCUT2D eigenvalue weighted by Crippen LogP contribution is -2.52. The number of carbonyl (C=O) groups is 3. The van der Waals surface area contributed by atoms with Crippen LogP contribution in [0.5, 0.6) is 0 Å². The van der Waals surface area contributed by atoms with Gasteiger partial charge in [-0.2, -0.15) is 4.31 Å². The van der Waals surface area contributed by atoms with E-state index in [-0.39, 0.29) is 55.4 Å². The molecule has 3 aliphatic heterocycles. The van der Waals surface area contributed by atoms with Crippen molar-refractivity contribution in [3.63, 3.8) is 0 Å². The molecule has 11 nitrogen and oxygen atoms in total. The van der Waals surface area contributed by atoms with Crippen LogP contribution in [-0.4, -0.2) is 98.7 Å². The van der Waals surface area contributed by atoms with Crippen LogP contribution in [0.3, 0.4) is 0 Å². The number of amides is 2. The Balaban J connectivity index is 1.49. The van der Waals surface area contributed by atoms with Crippen molar-refractivity contribution in [3.8, 4) is 0 Å². The van der Waals surface area contributed by atoms with Crippen molar-refractivity contribution in [1.82, 2.24) is 14.1 Å². The number of fused-ring (bicyclic) bond motifs is 2. The Morgan fingerprint density at radius 3 is 2.30 bits per heavy atom. The summed E-state index contributed by atoms with van der Waals surface area (Å²) in [5.74, 6) is -3.82. The van der Waals surface area contributed by atoms with E-state index in [0.717, 1.165) is 0 Å². The van der Waals surface area contributed by atoms with Crippen molar-refractivity contribution in [3.05, 3.63) is 101 Å². The number of carbonyl (C=O) groups excluding carboxylic acids is 3. The number of ketones is 1. The molecule has 1 N–H and O–H groups in total. The lowest BCUT2D eigenvalue weighted by molar-refractivity contribution is -0.143. The molecule has 47 heavy (non-hydrogen) atoms. The molecule has 0 aliphatic carbocycles. The highest BCUT2D eigenvalue weighted by atomic mass is 32.2. The van der Waals surface area contributed by atoms with Crippen LogP contribution in [0.15, 0.2) is 83.3 Å². The number of nitrogens with zero attached hydrogens (tertiary/aromatic N) is 4. The Bertz CT molecular complexity index is 1870. The number of aliphatic hydroxyl groups is 1. The first-order valence-corrected chi connectivity index (χ1v) is 16.7. The molecule has 2 amide bonds. The van der Waals surface area contributed by atoms with E-state index in [1.54, 1.807) is 36.4 Å². The second-order valence-electron chi connectivity index (χ2n) is 11.9. The summed E-state index contributed by atoms with van der Waals surface area (Å²) in [5.41, 5.74) is -1.50. The van der Waals surface area contributed by atoms with E-state index >= 15 is 0 Å². The van der Waals surface area contributed by atoms with Gasteiger partial charge in [-0.25, -0.2) is 12.8 Å². The minimum Gasteiger partial charge on any atom is -0.507 e. The highest BCUT2D eigenvalue weighted by Gasteiger charge is 2.67. The zero-order valence-corrected chi connectivity index (χ0v) is 26.9. The number of Topliss-reactive ketones (excluding diaryl/α,β-unsaturated/α-hetero) is 1. The minimum atomic E-state index is -3.85. The summed E-state index contributed by atoms with van der Waals surface area (Å²) in [5, 5.41) is 11.8. The second-order valence-corrected chi connectivity index (χ2v) is 13.9. The van der Waals surface area contributed by atoms with Gasteiger partial charge < -0.3 is 24.5 Å². The van der Waals surface area contributed by atoms with Gasteiger partial charge in [0.15, 0.2) is 5.54 Å². The van der Waals surface area contributed by atoms with Gasteiger partial charge in [0.25, 0.3) is 17.6 Å². The summed E-state index contributed by atoms with van der Waals surface area (Å²) in [6, 6.07) is 18.0. The van der Waals surface area contributed by atoms with Crippen LogP contribution >= 0.6 is 0 Å². The number of hydrogen-bond donors (Lipinski definition) is 1. The number of rotatable bonds is 9. The number of aliphatic hydroxyl groups excluding tert-OH is 1. The van der Waals surface area contributed by atoms with Gasteiger partial charge in [0.05, 0.1) is 35.9 Å². The largest absolute Gasteiger partial charge is 0.507 e. The molecule has 2 saturated heterocycles. The fourth-order valence-corrected chi connectivity index (χ4v) is 7.94. The SMILES string of the molecule is CN(C)CCCN1C(=O)C(=O)C(=C(O)c2ccc(S(=O)(=O)N3CCOCC3)cc2)[C@]12C(=O)N(Cc1ccccc1F)c1ccccc12. The Morgan fingerprint density at radius 2 is 1.62 bits per heavy atom. The number of halogens is 1. The summed E-state index contributed by atoms with van der Waals surface area (Å²) in [6.07, 6.45) is 0.415. The molecular formula is C34H35FN4O7S. The predicted molar refractivity (Wildman–Crippen MR) is 171 cm³/mol. The first-order chi connectivity index (χ1) is 22.5. The average molecular weight is 663 g/mol. The zero-order chi connectivity index (χ0) is 33.5. The molecule has 0 aromatic heterocycles. The van der Waals surface area contributed by atoms with E-state index < -0.39 is 50.3 Å². The molecule has 3 aromatic carbocycles. The summed E-state index contributed by atoms with van der Waals surface area (Å²) in [7, 11) is -0.130. The lowest BCUT2D eigenvalue weighted by Gasteiger charge is -2.35. The Kier molecular flexibility index (Phi) is 8.74. The molecule has 0 radical (unpaired) electrons. The maximum absolute atomic E-state index is 14.9. The molecule has 2 fully saturated rings. The van der Waals surface area contributed by atoms with Gasteiger partial charge in [-0.3, -0.25) is 14.4 Å². The number of likely N-dealkylation sites (tertiary alicyclic amines) is 1. The van der Waals surface area contributed by atoms with Crippen molar-refractivity contribution < 1.29 is 37.0 Å². The highest BCUT2D eigenvalue weighted by Crippen LogP contribution is 2.54. The van der Waals surface area contributed by atoms with Crippen LogP contribution < -0.4 is 4.90 Å². The van der Waals surface area contributed by atoms with E-state index in [1.165, 1.54) is 50.5 Å². The van der Waals surface area contributed by atoms with Gasteiger partial charge >= 0.3 is 0 Å². The predicted octanol–water partition coefficient (Wildman–Crippen LogP) is 2.92. The number of morpholine rings is 1. The molecule has 3 aliphatic rings. The third kappa shape index (κ3) is 5.42. The molecule has 6 rings (SSSR count). The van der Waals surface area contributed by atoms with Crippen LogP contribution in [0.25, 0.3) is 5.76 Å². The normalized spacial score (nSPS) is 21.3. The molecule has 1 spiro atoms. The maximum atomic E-state index is 14.9. The number of anilines is 1. The number of para-hydroxylation sites is 1. The number of hydrogen-bond acceptors (Lipinski definition) is 8. The van der Waals surface area contributed by atoms with E-state index in [9.17, 15) is 32.3 Å². The number of ether oxygens (including phenoxy) is 1. The second kappa shape index (κ2) is 12.6. The number of benzene rings is 3. The molecule has 1 atom stereocenters. The first-order valence-electron chi connectivity index (χ1n) is 15.3. The van der Waals surface area contributed by atoms with Crippen molar-refractivity contribution in [2.45, 2.75) is 23.4 Å². The van der Waals surface area contributed by atoms with Gasteiger partial charge in [0.2, 0.25) is 10.0 Å². The number of sulfonamides is 1. The molecule has 246 valence electrons. The van der Waals surface area contributed by atoms with E-state index in [0.29, 0.717) is 24.2 Å². The quantitative estimate of drug-likeness (QED) is 0.211. The van der Waals surface area contributed by atoms with Gasteiger partial charge in [0, 0.05) is 36.3 Å². The van der Waals surface area contributed by atoms with Gasteiger partial charge in [-0.15, -0.1) is 0 Å². The van der Waals surface area contributed by atoms with Crippen LogP contribution in [0.4, 0.5) is 10.1 Å². The lowest BCUT2D eigenvalue weighted by atomic mass is 9.82.